The van der Waals surface area contributed by atoms with Gasteiger partial charge in [0, 0.05) is 28.2 Å². The maximum Gasteiger partial charge on any atom is 0.154 e. The van der Waals surface area contributed by atoms with Crippen LogP contribution in [0.5, 0.6) is 0 Å². The van der Waals surface area contributed by atoms with Crippen LogP contribution in [0.15, 0.2) is 48.9 Å². The third-order valence-electron chi connectivity index (χ3n) is 3.87. The minimum Gasteiger partial charge on any atom is -0.264 e. The molecule has 0 saturated heterocycles. The molecule has 0 N–H and O–H groups in total. The first-order chi connectivity index (χ1) is 11.3. The van der Waals surface area contributed by atoms with E-state index in [2.05, 4.69) is 36.1 Å². The molecule has 4 aromatic rings. The van der Waals surface area contributed by atoms with Gasteiger partial charge in [0.2, 0.25) is 0 Å². The van der Waals surface area contributed by atoms with E-state index in [1.165, 1.54) is 9.58 Å². The lowest BCUT2D eigenvalue weighted by molar-refractivity contribution is 0.840. The van der Waals surface area contributed by atoms with Gasteiger partial charge in [0.25, 0.3) is 0 Å². The van der Waals surface area contributed by atoms with Gasteiger partial charge in [0.05, 0.1) is 16.8 Å². The average Bonchev–Trinajstić information content (AvgIpc) is 3.17. The van der Waals surface area contributed by atoms with Crippen molar-refractivity contribution in [3.63, 3.8) is 0 Å². The fraction of sp³-hybridized carbons (Fsp3) is 0.167. The van der Waals surface area contributed by atoms with Gasteiger partial charge in [-0.05, 0) is 43.2 Å². The average molecular weight is 320 g/mol. The number of aromatic nitrogens is 4. The number of fused-ring (bicyclic) bond motifs is 1. The second kappa shape index (κ2) is 5.59. The molecule has 0 radical (unpaired) electrons. The third-order valence-corrected chi connectivity index (χ3v) is 5.00. The third kappa shape index (κ3) is 2.43. The molecule has 4 nitrogen and oxygen atoms in total. The SMILES string of the molecule is CCc1cccc(-n2ncc(C)c2-c2cc3cnccc3s2)n1. The maximum absolute atomic E-state index is 4.71. The number of aryl methyl sites for hydroxylation is 2. The summed E-state index contributed by atoms with van der Waals surface area (Å²) >= 11 is 1.76. The molecule has 0 aliphatic carbocycles. The smallest absolute Gasteiger partial charge is 0.154 e. The van der Waals surface area contributed by atoms with E-state index in [-0.39, 0.29) is 0 Å². The van der Waals surface area contributed by atoms with E-state index in [1.54, 1.807) is 11.3 Å². The minimum atomic E-state index is 0.864. The number of nitrogens with zero attached hydrogens (tertiary/aromatic N) is 4. The Bertz CT molecular complexity index is 951. The van der Waals surface area contributed by atoms with Crippen LogP contribution in [-0.4, -0.2) is 19.7 Å². The summed E-state index contributed by atoms with van der Waals surface area (Å²) in [5.41, 5.74) is 3.32. The number of pyridine rings is 2. The summed E-state index contributed by atoms with van der Waals surface area (Å²) in [7, 11) is 0. The molecule has 5 heteroatoms. The number of hydrogen-bond acceptors (Lipinski definition) is 4. The van der Waals surface area contributed by atoms with Crippen LogP contribution in [0.1, 0.15) is 18.2 Å². The molecule has 0 fully saturated rings. The Hall–Kier alpha value is -2.53. The fourth-order valence-electron chi connectivity index (χ4n) is 2.69. The number of hydrogen-bond donors (Lipinski definition) is 0. The van der Waals surface area contributed by atoms with Crippen LogP contribution in [0.25, 0.3) is 26.5 Å². The Morgan fingerprint density at radius 3 is 2.91 bits per heavy atom. The lowest BCUT2D eigenvalue weighted by atomic mass is 10.2. The normalized spacial score (nSPS) is 11.2. The predicted octanol–water partition coefficient (Wildman–Crippen LogP) is 4.41. The molecule has 4 heterocycles. The van der Waals surface area contributed by atoms with Gasteiger partial charge >= 0.3 is 0 Å². The van der Waals surface area contributed by atoms with Crippen molar-refractivity contribution >= 4 is 21.4 Å². The summed E-state index contributed by atoms with van der Waals surface area (Å²) in [5.74, 6) is 0.864. The van der Waals surface area contributed by atoms with E-state index in [0.717, 1.165) is 34.6 Å². The highest BCUT2D eigenvalue weighted by Crippen LogP contribution is 2.35. The molecule has 0 bridgehead atoms. The zero-order chi connectivity index (χ0) is 15.8. The summed E-state index contributed by atoms with van der Waals surface area (Å²) in [6.45, 7) is 4.20. The predicted molar refractivity (Wildman–Crippen MR) is 94.1 cm³/mol. The van der Waals surface area contributed by atoms with Crippen molar-refractivity contribution in [2.45, 2.75) is 20.3 Å². The van der Waals surface area contributed by atoms with Crippen molar-refractivity contribution in [3.8, 4) is 16.4 Å². The van der Waals surface area contributed by atoms with Gasteiger partial charge < -0.3 is 0 Å². The van der Waals surface area contributed by atoms with Gasteiger partial charge in [-0.3, -0.25) is 4.98 Å². The van der Waals surface area contributed by atoms with Gasteiger partial charge in [-0.15, -0.1) is 11.3 Å². The Balaban J connectivity index is 1.90. The highest BCUT2D eigenvalue weighted by atomic mass is 32.1. The topological polar surface area (TPSA) is 43.6 Å². The monoisotopic (exact) mass is 320 g/mol. The number of thiophene rings is 1. The summed E-state index contributed by atoms with van der Waals surface area (Å²) in [6, 6.07) is 10.3. The zero-order valence-electron chi connectivity index (χ0n) is 13.0. The Labute approximate surface area is 138 Å². The zero-order valence-corrected chi connectivity index (χ0v) is 13.8. The van der Waals surface area contributed by atoms with Crippen molar-refractivity contribution in [2.24, 2.45) is 0 Å². The highest BCUT2D eigenvalue weighted by Gasteiger charge is 2.15. The van der Waals surface area contributed by atoms with Crippen molar-refractivity contribution in [1.29, 1.82) is 0 Å². The van der Waals surface area contributed by atoms with Crippen LogP contribution in [0.3, 0.4) is 0 Å². The van der Waals surface area contributed by atoms with Crippen LogP contribution in [0.4, 0.5) is 0 Å². The molecular formula is C18H16N4S. The maximum atomic E-state index is 4.71. The van der Waals surface area contributed by atoms with Gasteiger partial charge in [0.15, 0.2) is 5.82 Å². The standard InChI is InChI=1S/C18H16N4S/c1-3-14-5-4-6-17(21-14)22-18(12(2)10-20-22)16-9-13-11-19-8-7-15(13)23-16/h4-11H,3H2,1-2H3. The molecule has 0 saturated carbocycles. The molecule has 0 amide bonds. The Kier molecular flexibility index (Phi) is 3.42. The van der Waals surface area contributed by atoms with E-state index in [0.29, 0.717) is 0 Å². The van der Waals surface area contributed by atoms with E-state index in [9.17, 15) is 0 Å². The lowest BCUT2D eigenvalue weighted by Crippen LogP contribution is -2.03. The fourth-order valence-corrected chi connectivity index (χ4v) is 3.81. The quantitative estimate of drug-likeness (QED) is 0.561. The Morgan fingerprint density at radius 2 is 2.09 bits per heavy atom. The molecule has 114 valence electrons. The van der Waals surface area contributed by atoms with Crippen molar-refractivity contribution in [1.82, 2.24) is 19.7 Å². The molecule has 23 heavy (non-hydrogen) atoms. The van der Waals surface area contributed by atoms with Gasteiger partial charge in [-0.1, -0.05) is 13.0 Å². The van der Waals surface area contributed by atoms with Gasteiger partial charge in [-0.2, -0.15) is 5.10 Å². The molecule has 0 unspecified atom stereocenters. The first-order valence-corrected chi connectivity index (χ1v) is 8.43. The van der Waals surface area contributed by atoms with Crippen LogP contribution in [0.2, 0.25) is 0 Å². The van der Waals surface area contributed by atoms with Crippen molar-refractivity contribution in [3.05, 3.63) is 60.2 Å². The highest BCUT2D eigenvalue weighted by molar-refractivity contribution is 7.22. The van der Waals surface area contributed by atoms with E-state index >= 15 is 0 Å². The van der Waals surface area contributed by atoms with E-state index in [1.807, 2.05) is 41.5 Å². The molecule has 4 rings (SSSR count). The van der Waals surface area contributed by atoms with Crippen LogP contribution in [-0.2, 0) is 6.42 Å². The van der Waals surface area contributed by atoms with Crippen LogP contribution >= 0.6 is 11.3 Å². The summed E-state index contributed by atoms with van der Waals surface area (Å²) in [5, 5.41) is 5.72. The van der Waals surface area contributed by atoms with Gasteiger partial charge in [0.1, 0.15) is 0 Å². The first-order valence-electron chi connectivity index (χ1n) is 7.61. The summed E-state index contributed by atoms with van der Waals surface area (Å²) in [6.07, 6.45) is 6.55. The second-order valence-corrected chi connectivity index (χ2v) is 6.54. The molecular weight excluding hydrogens is 304 g/mol. The first kappa shape index (κ1) is 14.1. The second-order valence-electron chi connectivity index (χ2n) is 5.45. The molecule has 0 aromatic carbocycles. The molecule has 0 atom stereocenters. The summed E-state index contributed by atoms with van der Waals surface area (Å²) < 4.78 is 3.17. The van der Waals surface area contributed by atoms with Gasteiger partial charge in [-0.25, -0.2) is 9.67 Å². The van der Waals surface area contributed by atoms with Crippen LogP contribution in [0, 0.1) is 6.92 Å². The van der Waals surface area contributed by atoms with Crippen LogP contribution < -0.4 is 0 Å². The van der Waals surface area contributed by atoms with Crippen molar-refractivity contribution in [2.75, 3.05) is 0 Å². The van der Waals surface area contributed by atoms with E-state index in [4.69, 9.17) is 4.98 Å². The summed E-state index contributed by atoms with van der Waals surface area (Å²) in [4.78, 5) is 10.1. The minimum absolute atomic E-state index is 0.864. The molecule has 0 aliphatic rings. The number of rotatable bonds is 3. The molecule has 4 aromatic heterocycles. The van der Waals surface area contributed by atoms with Crippen molar-refractivity contribution < 1.29 is 0 Å². The molecule has 0 aliphatic heterocycles. The lowest BCUT2D eigenvalue weighted by Gasteiger charge is -2.07. The largest absolute Gasteiger partial charge is 0.264 e. The Morgan fingerprint density at radius 1 is 1.17 bits per heavy atom. The van der Waals surface area contributed by atoms with E-state index < -0.39 is 0 Å². The molecule has 0 spiro atoms.